The van der Waals surface area contributed by atoms with Crippen molar-refractivity contribution in [2.24, 2.45) is 5.73 Å². The van der Waals surface area contributed by atoms with E-state index in [0.29, 0.717) is 11.3 Å². The molecule has 0 radical (unpaired) electrons. The highest BCUT2D eigenvalue weighted by Crippen LogP contribution is 2.23. The van der Waals surface area contributed by atoms with E-state index in [4.69, 9.17) is 5.73 Å². The van der Waals surface area contributed by atoms with Crippen LogP contribution in [0.15, 0.2) is 47.4 Å². The van der Waals surface area contributed by atoms with E-state index in [2.05, 4.69) is 0 Å². The van der Waals surface area contributed by atoms with Gasteiger partial charge < -0.3 is 10.6 Å². The van der Waals surface area contributed by atoms with Crippen LogP contribution in [0.4, 0.5) is 10.1 Å². The van der Waals surface area contributed by atoms with Crippen LogP contribution in [0.1, 0.15) is 22.3 Å². The number of nitrogens with zero attached hydrogens (tertiary/aromatic N) is 1. The average Bonchev–Trinajstić information content (AvgIpc) is 2.56. The number of anilines is 1. The average molecular weight is 346 g/mol. The molecule has 0 saturated carbocycles. The zero-order valence-electron chi connectivity index (χ0n) is 13.6. The lowest BCUT2D eigenvalue weighted by Crippen LogP contribution is -2.34. The summed E-state index contributed by atoms with van der Waals surface area (Å²) in [4.78, 5) is 26.6. The summed E-state index contributed by atoms with van der Waals surface area (Å²) in [6.07, 6.45) is 1.97. The molecule has 0 atom stereocenters. The maximum absolute atomic E-state index is 13.2. The Bertz CT molecular complexity index is 747. The number of hydrogen-bond acceptors (Lipinski definition) is 3. The Labute approximate surface area is 144 Å². The SMILES string of the molecule is CSc1ccc(C)c(C(=O)N(CCC(N)=O)c2ccc(F)cc2)c1. The van der Waals surface area contributed by atoms with E-state index in [1.54, 1.807) is 11.8 Å². The smallest absolute Gasteiger partial charge is 0.258 e. The lowest BCUT2D eigenvalue weighted by molar-refractivity contribution is -0.117. The normalized spacial score (nSPS) is 10.5. The van der Waals surface area contributed by atoms with Gasteiger partial charge in [0.15, 0.2) is 0 Å². The Morgan fingerprint density at radius 1 is 1.17 bits per heavy atom. The molecule has 0 unspecified atom stereocenters. The van der Waals surface area contributed by atoms with Crippen LogP contribution in [0, 0.1) is 12.7 Å². The standard InChI is InChI=1S/C18H19FN2O2S/c1-12-3-8-15(24-2)11-16(12)18(23)21(10-9-17(20)22)14-6-4-13(19)5-7-14/h3-8,11H,9-10H2,1-2H3,(H2,20,22). The van der Waals surface area contributed by atoms with E-state index in [1.165, 1.54) is 29.2 Å². The van der Waals surface area contributed by atoms with Crippen molar-refractivity contribution in [3.05, 3.63) is 59.4 Å². The number of primary amides is 1. The minimum absolute atomic E-state index is 0.0321. The first-order valence-corrected chi connectivity index (χ1v) is 8.65. The minimum atomic E-state index is -0.496. The van der Waals surface area contributed by atoms with Gasteiger partial charge >= 0.3 is 0 Å². The van der Waals surface area contributed by atoms with Crippen molar-refractivity contribution in [2.75, 3.05) is 17.7 Å². The van der Waals surface area contributed by atoms with Crippen LogP contribution in [0.3, 0.4) is 0 Å². The van der Waals surface area contributed by atoms with E-state index in [1.807, 2.05) is 31.4 Å². The molecule has 0 spiro atoms. The van der Waals surface area contributed by atoms with Crippen LogP contribution in [0.25, 0.3) is 0 Å². The molecule has 0 bridgehead atoms. The number of benzene rings is 2. The van der Waals surface area contributed by atoms with Crippen LogP contribution in [0.5, 0.6) is 0 Å². The van der Waals surface area contributed by atoms with E-state index in [-0.39, 0.29) is 24.7 Å². The Hall–Kier alpha value is -2.34. The van der Waals surface area contributed by atoms with Gasteiger partial charge in [-0.1, -0.05) is 6.07 Å². The number of halogens is 1. The maximum Gasteiger partial charge on any atom is 0.258 e. The molecule has 2 amide bonds. The molecular formula is C18H19FN2O2S. The molecule has 2 aromatic rings. The first-order chi connectivity index (χ1) is 11.4. The molecule has 126 valence electrons. The van der Waals surface area contributed by atoms with Gasteiger partial charge in [0.05, 0.1) is 0 Å². The third-order valence-corrected chi connectivity index (χ3v) is 4.37. The number of hydrogen-bond donors (Lipinski definition) is 1. The quantitative estimate of drug-likeness (QED) is 0.816. The third kappa shape index (κ3) is 4.35. The Morgan fingerprint density at radius 2 is 1.83 bits per heavy atom. The van der Waals surface area contributed by atoms with Crippen molar-refractivity contribution in [1.82, 2.24) is 0 Å². The number of nitrogens with two attached hydrogens (primary N) is 1. The third-order valence-electron chi connectivity index (χ3n) is 3.64. The first-order valence-electron chi connectivity index (χ1n) is 7.42. The second kappa shape index (κ2) is 7.97. The van der Waals surface area contributed by atoms with Crippen LogP contribution in [0.2, 0.25) is 0 Å². The summed E-state index contributed by atoms with van der Waals surface area (Å²) in [6.45, 7) is 2.00. The highest BCUT2D eigenvalue weighted by Gasteiger charge is 2.20. The van der Waals surface area contributed by atoms with Crippen molar-refractivity contribution >= 4 is 29.3 Å². The number of aryl methyl sites for hydroxylation is 1. The van der Waals surface area contributed by atoms with E-state index < -0.39 is 5.91 Å². The lowest BCUT2D eigenvalue weighted by Gasteiger charge is -2.23. The molecular weight excluding hydrogens is 327 g/mol. The predicted octanol–water partition coefficient (Wildman–Crippen LogP) is 3.38. The summed E-state index contributed by atoms with van der Waals surface area (Å²) in [6, 6.07) is 11.3. The zero-order valence-corrected chi connectivity index (χ0v) is 14.4. The number of thioether (sulfide) groups is 1. The van der Waals surface area contributed by atoms with Crippen LogP contribution >= 0.6 is 11.8 Å². The van der Waals surface area contributed by atoms with Crippen LogP contribution in [-0.2, 0) is 4.79 Å². The lowest BCUT2D eigenvalue weighted by atomic mass is 10.1. The van der Waals surface area contributed by atoms with E-state index >= 15 is 0 Å². The molecule has 0 aromatic heterocycles. The first kappa shape index (κ1) is 18.0. The second-order valence-corrected chi connectivity index (χ2v) is 6.21. The number of rotatable bonds is 6. The molecule has 2 rings (SSSR count). The van der Waals surface area contributed by atoms with Gasteiger partial charge in [-0.2, -0.15) is 0 Å². The summed E-state index contributed by atoms with van der Waals surface area (Å²) in [5.41, 5.74) is 7.13. The van der Waals surface area contributed by atoms with Gasteiger partial charge in [0.2, 0.25) is 5.91 Å². The van der Waals surface area contributed by atoms with Crippen molar-refractivity contribution in [3.63, 3.8) is 0 Å². The summed E-state index contributed by atoms with van der Waals surface area (Å²) in [7, 11) is 0. The zero-order chi connectivity index (χ0) is 17.7. The fraction of sp³-hybridized carbons (Fsp3) is 0.222. The molecule has 2 N–H and O–H groups in total. The predicted molar refractivity (Wildman–Crippen MR) is 94.8 cm³/mol. The van der Waals surface area contributed by atoms with Gasteiger partial charge in [-0.15, -0.1) is 11.8 Å². The topological polar surface area (TPSA) is 63.4 Å². The fourth-order valence-corrected chi connectivity index (χ4v) is 2.73. The number of carbonyl (C=O) groups excluding carboxylic acids is 2. The Morgan fingerprint density at radius 3 is 2.42 bits per heavy atom. The van der Waals surface area contributed by atoms with E-state index in [0.717, 1.165) is 10.5 Å². The second-order valence-electron chi connectivity index (χ2n) is 5.33. The van der Waals surface area contributed by atoms with E-state index in [9.17, 15) is 14.0 Å². The van der Waals surface area contributed by atoms with Crippen molar-refractivity contribution < 1.29 is 14.0 Å². The highest BCUT2D eigenvalue weighted by atomic mass is 32.2. The van der Waals surface area contributed by atoms with Gasteiger partial charge in [-0.25, -0.2) is 4.39 Å². The van der Waals surface area contributed by atoms with Gasteiger partial charge in [0, 0.05) is 29.1 Å². The fourth-order valence-electron chi connectivity index (χ4n) is 2.29. The maximum atomic E-state index is 13.2. The summed E-state index contributed by atoms with van der Waals surface area (Å²) in [5, 5.41) is 0. The van der Waals surface area contributed by atoms with Gasteiger partial charge in [-0.05, 0) is 55.1 Å². The molecule has 0 saturated heterocycles. The monoisotopic (exact) mass is 346 g/mol. The van der Waals surface area contributed by atoms with Gasteiger partial charge in [0.25, 0.3) is 5.91 Å². The van der Waals surface area contributed by atoms with Crippen molar-refractivity contribution in [2.45, 2.75) is 18.2 Å². The summed E-state index contributed by atoms with van der Waals surface area (Å²) >= 11 is 1.54. The molecule has 0 heterocycles. The molecule has 0 fully saturated rings. The minimum Gasteiger partial charge on any atom is -0.370 e. The number of carbonyl (C=O) groups is 2. The molecule has 6 heteroatoms. The Kier molecular flexibility index (Phi) is 5.98. The molecule has 4 nitrogen and oxygen atoms in total. The largest absolute Gasteiger partial charge is 0.370 e. The van der Waals surface area contributed by atoms with Gasteiger partial charge in [0.1, 0.15) is 5.82 Å². The molecule has 24 heavy (non-hydrogen) atoms. The molecule has 0 aliphatic rings. The molecule has 0 aliphatic carbocycles. The van der Waals surface area contributed by atoms with Crippen molar-refractivity contribution in [1.29, 1.82) is 0 Å². The number of amides is 2. The van der Waals surface area contributed by atoms with Gasteiger partial charge in [-0.3, -0.25) is 9.59 Å². The summed E-state index contributed by atoms with van der Waals surface area (Å²) < 4.78 is 13.2. The van der Waals surface area contributed by atoms with Crippen LogP contribution < -0.4 is 10.6 Å². The molecule has 0 aliphatic heterocycles. The van der Waals surface area contributed by atoms with Crippen LogP contribution in [-0.4, -0.2) is 24.6 Å². The summed E-state index contributed by atoms with van der Waals surface area (Å²) in [5.74, 6) is -1.12. The Balaban J connectivity index is 2.40. The molecule has 2 aromatic carbocycles. The van der Waals surface area contributed by atoms with Crippen molar-refractivity contribution in [3.8, 4) is 0 Å². The highest BCUT2D eigenvalue weighted by molar-refractivity contribution is 7.98.